The average molecular weight is 313 g/mol. The lowest BCUT2D eigenvalue weighted by Crippen LogP contribution is -2.41. The monoisotopic (exact) mass is 313 g/mol. The normalized spacial score (nSPS) is 24.8. The van der Waals surface area contributed by atoms with Gasteiger partial charge in [0, 0.05) is 18.2 Å². The highest BCUT2D eigenvalue weighted by Gasteiger charge is 2.40. The van der Waals surface area contributed by atoms with Crippen molar-refractivity contribution >= 4 is 23.0 Å². The fraction of sp³-hybridized carbons (Fsp3) is 0.474. The Labute approximate surface area is 138 Å². The van der Waals surface area contributed by atoms with E-state index in [1.54, 1.807) is 0 Å². The first-order chi connectivity index (χ1) is 10.7. The summed E-state index contributed by atoms with van der Waals surface area (Å²) in [6, 6.07) is 10.1. The van der Waals surface area contributed by atoms with Crippen LogP contribution >= 0.6 is 12.2 Å². The number of likely N-dealkylation sites (tertiary alicyclic amines) is 1. The van der Waals surface area contributed by atoms with E-state index in [0.717, 1.165) is 23.0 Å². The van der Waals surface area contributed by atoms with E-state index in [1.807, 2.05) is 36.4 Å². The van der Waals surface area contributed by atoms with E-state index in [4.69, 9.17) is 12.2 Å². The smallest absolute Gasteiger partial charge is 0.173 e. The Bertz CT molecular complexity index is 568. The SMILES string of the molecule is C=CC[C@@H](C(=O)c1ccccc1)C(=S)N1CC[C@H]2CCC[C@H]21. The van der Waals surface area contributed by atoms with E-state index in [2.05, 4.69) is 11.5 Å². The Morgan fingerprint density at radius 3 is 2.82 bits per heavy atom. The summed E-state index contributed by atoms with van der Waals surface area (Å²) in [6.07, 6.45) is 7.52. The molecule has 3 atom stereocenters. The topological polar surface area (TPSA) is 20.3 Å². The van der Waals surface area contributed by atoms with E-state index in [1.165, 1.54) is 25.7 Å². The van der Waals surface area contributed by atoms with Crippen molar-refractivity contribution in [2.45, 2.75) is 38.1 Å². The van der Waals surface area contributed by atoms with Crippen molar-refractivity contribution in [3.05, 3.63) is 48.6 Å². The molecule has 0 radical (unpaired) electrons. The van der Waals surface area contributed by atoms with Gasteiger partial charge >= 0.3 is 0 Å². The summed E-state index contributed by atoms with van der Waals surface area (Å²) in [5, 5.41) is 0. The largest absolute Gasteiger partial charge is 0.362 e. The van der Waals surface area contributed by atoms with Gasteiger partial charge in [-0.05, 0) is 31.6 Å². The van der Waals surface area contributed by atoms with Gasteiger partial charge in [-0.2, -0.15) is 0 Å². The lowest BCUT2D eigenvalue weighted by atomic mass is 9.93. The number of hydrogen-bond donors (Lipinski definition) is 0. The van der Waals surface area contributed by atoms with Gasteiger partial charge in [-0.25, -0.2) is 0 Å². The van der Waals surface area contributed by atoms with Gasteiger partial charge in [-0.15, -0.1) is 6.58 Å². The predicted octanol–water partition coefficient (Wildman–Crippen LogP) is 4.26. The van der Waals surface area contributed by atoms with Crippen molar-refractivity contribution in [1.29, 1.82) is 0 Å². The molecule has 1 saturated heterocycles. The number of carbonyl (C=O) groups excluding carboxylic acids is 1. The number of rotatable bonds is 5. The number of benzene rings is 1. The Morgan fingerprint density at radius 2 is 2.09 bits per heavy atom. The maximum absolute atomic E-state index is 12.9. The molecular formula is C19H23NOS. The summed E-state index contributed by atoms with van der Waals surface area (Å²) in [4.78, 5) is 16.0. The number of allylic oxidation sites excluding steroid dienone is 1. The predicted molar refractivity (Wildman–Crippen MR) is 94.1 cm³/mol. The highest BCUT2D eigenvalue weighted by molar-refractivity contribution is 7.80. The molecule has 3 heteroatoms. The molecule has 0 aromatic heterocycles. The molecule has 2 fully saturated rings. The molecular weight excluding hydrogens is 290 g/mol. The van der Waals surface area contributed by atoms with Crippen LogP contribution in [0.1, 0.15) is 42.5 Å². The number of Topliss-reactive ketones (excluding diaryl/α,β-unsaturated/α-hetero) is 1. The fourth-order valence-electron chi connectivity index (χ4n) is 4.00. The lowest BCUT2D eigenvalue weighted by Gasteiger charge is -2.30. The molecule has 0 spiro atoms. The van der Waals surface area contributed by atoms with Crippen LogP contribution in [0.4, 0.5) is 0 Å². The second kappa shape index (κ2) is 6.74. The second-order valence-electron chi connectivity index (χ2n) is 6.39. The molecule has 22 heavy (non-hydrogen) atoms. The minimum absolute atomic E-state index is 0.131. The molecule has 1 aromatic carbocycles. The molecule has 1 aromatic rings. The maximum Gasteiger partial charge on any atom is 0.173 e. The van der Waals surface area contributed by atoms with E-state index in [0.29, 0.717) is 12.5 Å². The van der Waals surface area contributed by atoms with Crippen molar-refractivity contribution in [2.24, 2.45) is 11.8 Å². The Hall–Kier alpha value is -1.48. The highest BCUT2D eigenvalue weighted by Crippen LogP contribution is 2.39. The van der Waals surface area contributed by atoms with Crippen molar-refractivity contribution < 1.29 is 4.79 Å². The van der Waals surface area contributed by atoms with E-state index >= 15 is 0 Å². The van der Waals surface area contributed by atoms with Crippen molar-refractivity contribution in [2.75, 3.05) is 6.54 Å². The van der Waals surface area contributed by atoms with Crippen LogP contribution in [0.2, 0.25) is 0 Å². The van der Waals surface area contributed by atoms with Gasteiger partial charge < -0.3 is 4.90 Å². The van der Waals surface area contributed by atoms with Gasteiger partial charge in [0.15, 0.2) is 5.78 Å². The molecule has 2 aliphatic rings. The van der Waals surface area contributed by atoms with Crippen LogP contribution in [0.3, 0.4) is 0 Å². The quantitative estimate of drug-likeness (QED) is 0.460. The van der Waals surface area contributed by atoms with Crippen LogP contribution in [0.15, 0.2) is 43.0 Å². The maximum atomic E-state index is 12.9. The first-order valence-electron chi connectivity index (χ1n) is 8.23. The van der Waals surface area contributed by atoms with Crippen LogP contribution in [-0.2, 0) is 0 Å². The molecule has 0 N–H and O–H groups in total. The summed E-state index contributed by atoms with van der Waals surface area (Å²) >= 11 is 5.76. The van der Waals surface area contributed by atoms with E-state index < -0.39 is 0 Å². The van der Waals surface area contributed by atoms with Crippen molar-refractivity contribution in [1.82, 2.24) is 4.90 Å². The van der Waals surface area contributed by atoms with E-state index in [-0.39, 0.29) is 11.7 Å². The molecule has 1 aliphatic heterocycles. The number of thiocarbonyl (C=S) groups is 1. The number of hydrogen-bond acceptors (Lipinski definition) is 2. The number of ketones is 1. The molecule has 2 nitrogen and oxygen atoms in total. The van der Waals surface area contributed by atoms with Crippen LogP contribution in [0, 0.1) is 11.8 Å². The van der Waals surface area contributed by atoms with Gasteiger partial charge in [-0.3, -0.25) is 4.79 Å². The Kier molecular flexibility index (Phi) is 4.72. The summed E-state index contributed by atoms with van der Waals surface area (Å²) < 4.78 is 0. The zero-order chi connectivity index (χ0) is 15.5. The first kappa shape index (κ1) is 15.4. The Balaban J connectivity index is 1.80. The minimum atomic E-state index is -0.241. The van der Waals surface area contributed by atoms with Crippen LogP contribution in [0.25, 0.3) is 0 Å². The number of nitrogens with zero attached hydrogens (tertiary/aromatic N) is 1. The minimum Gasteiger partial charge on any atom is -0.362 e. The average Bonchev–Trinajstić information content (AvgIpc) is 3.15. The van der Waals surface area contributed by atoms with Gasteiger partial charge in [0.1, 0.15) is 0 Å². The van der Waals surface area contributed by atoms with Crippen LogP contribution in [0.5, 0.6) is 0 Å². The number of fused-ring (bicyclic) bond motifs is 1. The van der Waals surface area contributed by atoms with Gasteiger partial charge in [-0.1, -0.05) is 55.0 Å². The first-order valence-corrected chi connectivity index (χ1v) is 8.64. The standard InChI is InChI=1S/C19H23NOS/c1-2-7-16(18(21)15-8-4-3-5-9-15)19(22)20-13-12-14-10-6-11-17(14)20/h2-5,8-9,14,16-17H,1,6-7,10-13H2/t14-,16+,17-/m1/s1. The second-order valence-corrected chi connectivity index (χ2v) is 6.80. The summed E-state index contributed by atoms with van der Waals surface area (Å²) in [7, 11) is 0. The van der Waals surface area contributed by atoms with Crippen LogP contribution in [-0.4, -0.2) is 28.3 Å². The third-order valence-corrected chi connectivity index (χ3v) is 5.64. The Morgan fingerprint density at radius 1 is 1.32 bits per heavy atom. The molecule has 1 aliphatic carbocycles. The molecule has 116 valence electrons. The van der Waals surface area contributed by atoms with E-state index in [9.17, 15) is 4.79 Å². The number of carbonyl (C=O) groups is 1. The van der Waals surface area contributed by atoms with Crippen molar-refractivity contribution in [3.63, 3.8) is 0 Å². The molecule has 3 rings (SSSR count). The highest BCUT2D eigenvalue weighted by atomic mass is 32.1. The summed E-state index contributed by atoms with van der Waals surface area (Å²) in [5.41, 5.74) is 0.749. The van der Waals surface area contributed by atoms with Gasteiger partial charge in [0.25, 0.3) is 0 Å². The zero-order valence-electron chi connectivity index (χ0n) is 12.9. The molecule has 0 unspecified atom stereocenters. The summed E-state index contributed by atoms with van der Waals surface area (Å²) in [6.45, 7) is 4.84. The fourth-order valence-corrected chi connectivity index (χ4v) is 4.43. The molecule has 1 saturated carbocycles. The third-order valence-electron chi connectivity index (χ3n) is 5.12. The van der Waals surface area contributed by atoms with Gasteiger partial charge in [0.2, 0.25) is 0 Å². The van der Waals surface area contributed by atoms with Crippen molar-refractivity contribution in [3.8, 4) is 0 Å². The zero-order valence-corrected chi connectivity index (χ0v) is 13.7. The molecule has 0 bridgehead atoms. The van der Waals surface area contributed by atoms with Crippen LogP contribution < -0.4 is 0 Å². The van der Waals surface area contributed by atoms with Gasteiger partial charge in [0.05, 0.1) is 10.9 Å². The summed E-state index contributed by atoms with van der Waals surface area (Å²) in [5.74, 6) is 0.676. The molecule has 0 amide bonds. The molecule has 1 heterocycles. The lowest BCUT2D eigenvalue weighted by molar-refractivity contribution is 0.0949. The third kappa shape index (κ3) is 2.87.